The van der Waals surface area contributed by atoms with Crippen LogP contribution in [-0.2, 0) is 19.2 Å². The molecule has 3 unspecified atom stereocenters. The fraction of sp³-hybridized carbons (Fsp3) is 0.438. The lowest BCUT2D eigenvalue weighted by Gasteiger charge is -2.44. The molecular weight excluding hydrogens is 314 g/mol. The summed E-state index contributed by atoms with van der Waals surface area (Å²) >= 11 is 0. The fourth-order valence-electron chi connectivity index (χ4n) is 2.22. The molecule has 1 aliphatic heterocycles. The number of nitrogens with two attached hydrogens (primary N) is 1. The zero-order chi connectivity index (χ0) is 17.9. The highest BCUT2D eigenvalue weighted by Crippen LogP contribution is 2.30. The van der Waals surface area contributed by atoms with Crippen molar-refractivity contribution in [2.24, 2.45) is 5.73 Å². The second-order valence-corrected chi connectivity index (χ2v) is 6.36. The summed E-state index contributed by atoms with van der Waals surface area (Å²) in [7, 11) is 0. The van der Waals surface area contributed by atoms with E-state index in [1.54, 1.807) is 12.1 Å². The zero-order valence-electron chi connectivity index (χ0n) is 13.8. The van der Waals surface area contributed by atoms with Gasteiger partial charge in [-0.1, -0.05) is 30.3 Å². The van der Waals surface area contributed by atoms with E-state index >= 15 is 0 Å². The molecule has 24 heavy (non-hydrogen) atoms. The minimum Gasteiger partial charge on any atom is -0.352 e. The molecule has 1 heterocycles. The van der Waals surface area contributed by atoms with Crippen LogP contribution in [0.25, 0.3) is 0 Å². The number of primary amides is 1. The van der Waals surface area contributed by atoms with E-state index < -0.39 is 35.9 Å². The highest BCUT2D eigenvalue weighted by Gasteiger charge is 2.51. The number of nitrogens with zero attached hydrogens (tertiary/aromatic N) is 1. The number of carbonyl (C=O) groups is 3. The van der Waals surface area contributed by atoms with Crippen LogP contribution in [0.5, 0.6) is 0 Å². The van der Waals surface area contributed by atoms with Crippen LogP contribution in [0.1, 0.15) is 32.6 Å². The van der Waals surface area contributed by atoms with Gasteiger partial charge in [0.1, 0.15) is 18.4 Å². The molecule has 130 valence electrons. The molecule has 0 spiro atoms. The molecule has 0 saturated carbocycles. The van der Waals surface area contributed by atoms with E-state index in [1.165, 1.54) is 0 Å². The number of benzene rings is 1. The first-order valence-electron chi connectivity index (χ1n) is 7.47. The summed E-state index contributed by atoms with van der Waals surface area (Å²) in [6, 6.07) is 6.17. The fourth-order valence-corrected chi connectivity index (χ4v) is 2.22. The van der Waals surface area contributed by atoms with E-state index in [0.717, 1.165) is 5.06 Å². The number of carbonyl (C=O) groups excluding carboxylic acids is 3. The number of hydroxylamine groups is 2. The average Bonchev–Trinajstić information content (AvgIpc) is 2.51. The third-order valence-corrected chi connectivity index (χ3v) is 3.27. The third-order valence-electron chi connectivity index (χ3n) is 3.27. The Hall–Kier alpha value is -2.45. The minimum atomic E-state index is -1.02. The van der Waals surface area contributed by atoms with E-state index in [4.69, 9.17) is 15.3 Å². The van der Waals surface area contributed by atoms with Crippen molar-refractivity contribution in [2.45, 2.75) is 44.7 Å². The molecule has 1 saturated heterocycles. The van der Waals surface area contributed by atoms with E-state index in [2.05, 4.69) is 5.32 Å². The van der Waals surface area contributed by atoms with E-state index in [0.29, 0.717) is 11.8 Å². The Morgan fingerprint density at radius 2 is 1.96 bits per heavy atom. The van der Waals surface area contributed by atoms with Crippen LogP contribution in [0.15, 0.2) is 30.3 Å². The molecule has 0 aromatic heterocycles. The largest absolute Gasteiger partial charge is 0.352 e. The number of nitrogens with one attached hydrogen (secondary N) is 1. The van der Waals surface area contributed by atoms with Gasteiger partial charge in [0.15, 0.2) is 0 Å². The number of aldehydes is 1. The van der Waals surface area contributed by atoms with Gasteiger partial charge in [-0.2, -0.15) is 0 Å². The van der Waals surface area contributed by atoms with Gasteiger partial charge in [0.05, 0.1) is 5.60 Å². The van der Waals surface area contributed by atoms with Gasteiger partial charge in [-0.3, -0.25) is 4.79 Å². The molecule has 1 aliphatic rings. The van der Waals surface area contributed by atoms with Gasteiger partial charge in [-0.05, 0) is 20.8 Å². The van der Waals surface area contributed by atoms with Crippen molar-refractivity contribution in [3.63, 3.8) is 0 Å². The Morgan fingerprint density at radius 3 is 2.46 bits per heavy atom. The van der Waals surface area contributed by atoms with E-state index in [1.807, 2.05) is 39.0 Å². The van der Waals surface area contributed by atoms with Gasteiger partial charge in [-0.25, -0.2) is 14.7 Å². The lowest BCUT2D eigenvalue weighted by molar-refractivity contribution is -0.321. The molecule has 1 aromatic rings. The summed E-state index contributed by atoms with van der Waals surface area (Å²) < 4.78 is 5.84. The van der Waals surface area contributed by atoms with Crippen molar-refractivity contribution >= 4 is 18.2 Å². The summed E-state index contributed by atoms with van der Waals surface area (Å²) in [4.78, 5) is 39.9. The highest BCUT2D eigenvalue weighted by atomic mass is 16.8. The molecule has 8 nitrogen and oxygen atoms in total. The SMILES string of the molecule is CC(C)(C)OC(ON1C(=O)C(NC(N)=O)C1C=O)c1ccccc1. The Kier molecular flexibility index (Phi) is 5.20. The zero-order valence-corrected chi connectivity index (χ0v) is 13.8. The maximum absolute atomic E-state index is 12.1. The molecule has 8 heteroatoms. The number of amides is 3. The third kappa shape index (κ3) is 4.09. The van der Waals surface area contributed by atoms with Gasteiger partial charge in [0.25, 0.3) is 5.91 Å². The predicted octanol–water partition coefficient (Wildman–Crippen LogP) is 0.879. The maximum Gasteiger partial charge on any atom is 0.312 e. The van der Waals surface area contributed by atoms with Crippen LogP contribution in [0.4, 0.5) is 4.79 Å². The normalized spacial score (nSPS) is 21.8. The van der Waals surface area contributed by atoms with E-state index in [9.17, 15) is 14.4 Å². The van der Waals surface area contributed by atoms with Crippen LogP contribution >= 0.6 is 0 Å². The van der Waals surface area contributed by atoms with Crippen LogP contribution in [-0.4, -0.2) is 41.0 Å². The van der Waals surface area contributed by atoms with Crippen molar-refractivity contribution in [1.82, 2.24) is 10.4 Å². The maximum atomic E-state index is 12.1. The second kappa shape index (κ2) is 6.98. The van der Waals surface area contributed by atoms with Gasteiger partial charge < -0.3 is 20.6 Å². The molecule has 0 bridgehead atoms. The standard InChI is InChI=1S/C16H21N3O5/c1-16(2,3)23-14(10-7-5-4-6-8-10)24-19-11(9-20)12(13(19)21)18-15(17)22/h4-9,11-12,14H,1-3H3,(H3,17,18,22). The van der Waals surface area contributed by atoms with Gasteiger partial charge in [-0.15, -0.1) is 0 Å². The Labute approximate surface area is 139 Å². The Bertz CT molecular complexity index is 614. The van der Waals surface area contributed by atoms with Crippen molar-refractivity contribution in [3.05, 3.63) is 35.9 Å². The quantitative estimate of drug-likeness (QED) is 0.455. The predicted molar refractivity (Wildman–Crippen MR) is 84.3 cm³/mol. The number of β-lactam (4-membered cyclic amide) rings is 1. The average molecular weight is 335 g/mol. The molecular formula is C16H21N3O5. The van der Waals surface area contributed by atoms with Crippen LogP contribution in [0, 0.1) is 0 Å². The molecule has 3 amide bonds. The lowest BCUT2D eigenvalue weighted by Crippen LogP contribution is -2.71. The van der Waals surface area contributed by atoms with Crippen LogP contribution < -0.4 is 11.1 Å². The first kappa shape index (κ1) is 17.9. The first-order valence-corrected chi connectivity index (χ1v) is 7.47. The van der Waals surface area contributed by atoms with E-state index in [-0.39, 0.29) is 0 Å². The van der Waals surface area contributed by atoms with Gasteiger partial charge >= 0.3 is 6.03 Å². The number of rotatable bonds is 6. The summed E-state index contributed by atoms with van der Waals surface area (Å²) in [5, 5.41) is 3.12. The molecule has 1 fully saturated rings. The summed E-state index contributed by atoms with van der Waals surface area (Å²) in [6.07, 6.45) is -0.367. The van der Waals surface area contributed by atoms with Crippen molar-refractivity contribution < 1.29 is 24.0 Å². The monoisotopic (exact) mass is 335 g/mol. The number of hydrogen-bond donors (Lipinski definition) is 2. The topological polar surface area (TPSA) is 111 Å². The van der Waals surface area contributed by atoms with Crippen molar-refractivity contribution in [2.75, 3.05) is 0 Å². The molecule has 1 aromatic carbocycles. The molecule has 3 N–H and O–H groups in total. The first-order chi connectivity index (χ1) is 11.2. The van der Waals surface area contributed by atoms with Crippen molar-refractivity contribution in [1.29, 1.82) is 0 Å². The van der Waals surface area contributed by atoms with Crippen molar-refractivity contribution in [3.8, 4) is 0 Å². The Balaban J connectivity index is 2.16. The molecule has 0 aliphatic carbocycles. The smallest absolute Gasteiger partial charge is 0.312 e. The number of ether oxygens (including phenoxy) is 1. The molecule has 3 atom stereocenters. The Morgan fingerprint density at radius 1 is 1.33 bits per heavy atom. The summed E-state index contributed by atoms with van der Waals surface area (Å²) in [5.41, 5.74) is 5.15. The lowest BCUT2D eigenvalue weighted by atomic mass is 10.00. The minimum absolute atomic E-state index is 0.515. The molecule has 2 rings (SSSR count). The number of hydrogen-bond acceptors (Lipinski definition) is 5. The molecule has 0 radical (unpaired) electrons. The van der Waals surface area contributed by atoms with Gasteiger partial charge in [0.2, 0.25) is 6.29 Å². The van der Waals surface area contributed by atoms with Crippen LogP contribution in [0.3, 0.4) is 0 Å². The number of urea groups is 1. The highest BCUT2D eigenvalue weighted by molar-refractivity contribution is 5.97. The van der Waals surface area contributed by atoms with Crippen LogP contribution in [0.2, 0.25) is 0 Å². The van der Waals surface area contributed by atoms with Gasteiger partial charge in [0, 0.05) is 5.56 Å². The second-order valence-electron chi connectivity index (χ2n) is 6.36. The summed E-state index contributed by atoms with van der Waals surface area (Å²) in [6.45, 7) is 5.54. The summed E-state index contributed by atoms with van der Waals surface area (Å²) in [5.74, 6) is -0.565.